The van der Waals surface area contributed by atoms with Crippen molar-refractivity contribution in [3.63, 3.8) is 0 Å². The molecule has 0 radical (unpaired) electrons. The van der Waals surface area contributed by atoms with Gasteiger partial charge in [-0.1, -0.05) is 0 Å². The SMILES string of the molecule is O=C(c1n[nH]c2cc(F)ccc12)N1C2=CN3CC[C@H]2C[C@H]1C3. The Kier molecular flexibility index (Phi) is 2.27. The van der Waals surface area contributed by atoms with E-state index in [2.05, 4.69) is 21.3 Å². The van der Waals surface area contributed by atoms with E-state index in [-0.39, 0.29) is 17.8 Å². The fourth-order valence-corrected chi connectivity index (χ4v) is 4.09. The van der Waals surface area contributed by atoms with Gasteiger partial charge >= 0.3 is 0 Å². The molecule has 112 valence electrons. The largest absolute Gasteiger partial charge is 0.374 e. The highest BCUT2D eigenvalue weighted by Crippen LogP contribution is 2.43. The van der Waals surface area contributed by atoms with Gasteiger partial charge in [0.1, 0.15) is 5.82 Å². The summed E-state index contributed by atoms with van der Waals surface area (Å²) in [7, 11) is 0. The molecule has 2 aromatic rings. The van der Waals surface area contributed by atoms with Crippen molar-refractivity contribution >= 4 is 16.8 Å². The molecular weight excluding hydrogens is 283 g/mol. The van der Waals surface area contributed by atoms with Gasteiger partial charge in [-0.05, 0) is 31.0 Å². The standard InChI is InChI=1S/C16H15FN4O/c17-10-1-2-12-13(6-10)18-19-15(12)16(22)21-11-5-9-3-4-20(7-11)8-14(9)21/h1-2,6,8-9,11H,3-5,7H2,(H,18,19)/t9-,11-/m0/s1. The van der Waals surface area contributed by atoms with Crippen LogP contribution in [0.1, 0.15) is 23.3 Å². The lowest BCUT2D eigenvalue weighted by molar-refractivity contribution is 0.0716. The molecule has 3 aliphatic rings. The van der Waals surface area contributed by atoms with Crippen LogP contribution in [0.5, 0.6) is 0 Å². The van der Waals surface area contributed by atoms with Crippen LogP contribution in [0.4, 0.5) is 4.39 Å². The normalized spacial score (nSPS) is 26.0. The monoisotopic (exact) mass is 298 g/mol. The number of hydrogen-bond acceptors (Lipinski definition) is 3. The Balaban J connectivity index is 1.58. The lowest BCUT2D eigenvalue weighted by atomic mass is 9.99. The molecule has 1 aromatic heterocycles. The van der Waals surface area contributed by atoms with Gasteiger partial charge in [-0.2, -0.15) is 5.10 Å². The second-order valence-electron chi connectivity index (χ2n) is 6.36. The number of halogens is 1. The van der Waals surface area contributed by atoms with E-state index in [0.717, 1.165) is 31.6 Å². The van der Waals surface area contributed by atoms with E-state index >= 15 is 0 Å². The van der Waals surface area contributed by atoms with Gasteiger partial charge in [0.15, 0.2) is 5.69 Å². The molecule has 5 rings (SSSR count). The summed E-state index contributed by atoms with van der Waals surface area (Å²) in [5, 5.41) is 7.60. The second kappa shape index (κ2) is 4.09. The van der Waals surface area contributed by atoms with Crippen LogP contribution in [-0.4, -0.2) is 45.0 Å². The number of allylic oxidation sites excluding steroid dienone is 1. The molecule has 3 aliphatic heterocycles. The summed E-state index contributed by atoms with van der Waals surface area (Å²) >= 11 is 0. The maximum absolute atomic E-state index is 13.3. The van der Waals surface area contributed by atoms with Crippen molar-refractivity contribution in [3.05, 3.63) is 41.6 Å². The maximum atomic E-state index is 13.3. The van der Waals surface area contributed by atoms with Gasteiger partial charge in [0.2, 0.25) is 0 Å². The summed E-state index contributed by atoms with van der Waals surface area (Å²) in [4.78, 5) is 17.2. The zero-order chi connectivity index (χ0) is 14.8. The van der Waals surface area contributed by atoms with Crippen molar-refractivity contribution in [1.82, 2.24) is 20.0 Å². The topological polar surface area (TPSA) is 52.2 Å². The number of aromatic nitrogens is 2. The molecule has 0 aliphatic carbocycles. The Bertz CT molecular complexity index is 825. The molecular formula is C16H15FN4O. The van der Waals surface area contributed by atoms with Gasteiger partial charge in [0, 0.05) is 36.3 Å². The van der Waals surface area contributed by atoms with Crippen LogP contribution in [0.15, 0.2) is 30.1 Å². The third-order valence-corrected chi connectivity index (χ3v) is 5.09. The van der Waals surface area contributed by atoms with E-state index in [1.807, 2.05) is 4.90 Å². The second-order valence-corrected chi connectivity index (χ2v) is 6.36. The van der Waals surface area contributed by atoms with Crippen LogP contribution in [0.25, 0.3) is 10.9 Å². The summed E-state index contributed by atoms with van der Waals surface area (Å²) in [6, 6.07) is 4.60. The highest BCUT2D eigenvalue weighted by atomic mass is 19.1. The fraction of sp³-hybridized carbons (Fsp3) is 0.375. The zero-order valence-corrected chi connectivity index (χ0v) is 11.9. The van der Waals surface area contributed by atoms with Gasteiger partial charge in [0.25, 0.3) is 5.91 Å². The average molecular weight is 298 g/mol. The van der Waals surface area contributed by atoms with Crippen molar-refractivity contribution in [2.24, 2.45) is 5.92 Å². The van der Waals surface area contributed by atoms with Crippen molar-refractivity contribution in [2.75, 3.05) is 13.1 Å². The molecule has 3 bridgehead atoms. The third-order valence-electron chi connectivity index (χ3n) is 5.09. The smallest absolute Gasteiger partial charge is 0.279 e. The number of carbonyl (C=O) groups excluding carboxylic acids is 1. The Morgan fingerprint density at radius 1 is 1.41 bits per heavy atom. The molecule has 4 heterocycles. The van der Waals surface area contributed by atoms with E-state index < -0.39 is 0 Å². The number of H-pyrrole nitrogens is 1. The van der Waals surface area contributed by atoms with Gasteiger partial charge < -0.3 is 9.80 Å². The van der Waals surface area contributed by atoms with E-state index in [0.29, 0.717) is 22.5 Å². The highest BCUT2D eigenvalue weighted by molar-refractivity contribution is 6.05. The van der Waals surface area contributed by atoms with E-state index in [1.54, 1.807) is 6.07 Å². The summed E-state index contributed by atoms with van der Waals surface area (Å²) in [6.07, 6.45) is 4.30. The molecule has 1 aromatic carbocycles. The van der Waals surface area contributed by atoms with E-state index in [9.17, 15) is 9.18 Å². The summed E-state index contributed by atoms with van der Waals surface area (Å²) in [5.41, 5.74) is 2.08. The first kappa shape index (κ1) is 12.2. The quantitative estimate of drug-likeness (QED) is 0.877. The minimum Gasteiger partial charge on any atom is -0.374 e. The van der Waals surface area contributed by atoms with Crippen molar-refractivity contribution in [2.45, 2.75) is 18.9 Å². The Labute approximate surface area is 126 Å². The summed E-state index contributed by atoms with van der Waals surface area (Å²) in [6.45, 7) is 2.00. The fourth-order valence-electron chi connectivity index (χ4n) is 4.09. The molecule has 0 unspecified atom stereocenters. The summed E-state index contributed by atoms with van der Waals surface area (Å²) < 4.78 is 13.3. The summed E-state index contributed by atoms with van der Waals surface area (Å²) in [5.74, 6) is 0.0921. The van der Waals surface area contributed by atoms with Gasteiger partial charge in [0.05, 0.1) is 11.6 Å². The van der Waals surface area contributed by atoms with E-state index in [1.165, 1.54) is 12.1 Å². The van der Waals surface area contributed by atoms with Crippen molar-refractivity contribution < 1.29 is 9.18 Å². The lowest BCUT2D eigenvalue weighted by Gasteiger charge is -2.38. The van der Waals surface area contributed by atoms with Crippen LogP contribution in [0.2, 0.25) is 0 Å². The first-order valence-electron chi connectivity index (χ1n) is 7.63. The minimum absolute atomic E-state index is 0.0711. The first-order valence-corrected chi connectivity index (χ1v) is 7.63. The zero-order valence-electron chi connectivity index (χ0n) is 11.9. The van der Waals surface area contributed by atoms with Crippen LogP contribution < -0.4 is 0 Å². The van der Waals surface area contributed by atoms with Crippen molar-refractivity contribution in [1.29, 1.82) is 0 Å². The predicted octanol–water partition coefficient (Wildman–Crippen LogP) is 2.09. The van der Waals surface area contributed by atoms with E-state index in [4.69, 9.17) is 0 Å². The molecule has 5 nitrogen and oxygen atoms in total. The van der Waals surface area contributed by atoms with Crippen LogP contribution in [-0.2, 0) is 0 Å². The predicted molar refractivity (Wildman–Crippen MR) is 78.4 cm³/mol. The number of nitrogens with zero attached hydrogens (tertiary/aromatic N) is 3. The number of amides is 1. The van der Waals surface area contributed by atoms with Gasteiger partial charge in [-0.25, -0.2) is 4.39 Å². The molecule has 22 heavy (non-hydrogen) atoms. The molecule has 0 spiro atoms. The number of nitrogens with one attached hydrogen (secondary N) is 1. The average Bonchev–Trinajstić information content (AvgIpc) is 2.95. The molecule has 2 atom stereocenters. The van der Waals surface area contributed by atoms with Crippen molar-refractivity contribution in [3.8, 4) is 0 Å². The number of carbonyl (C=O) groups is 1. The number of rotatable bonds is 1. The Morgan fingerprint density at radius 3 is 3.23 bits per heavy atom. The Morgan fingerprint density at radius 2 is 2.32 bits per heavy atom. The van der Waals surface area contributed by atoms with Crippen LogP contribution in [0, 0.1) is 11.7 Å². The Hall–Kier alpha value is -2.37. The first-order chi connectivity index (χ1) is 10.7. The number of hydrogen-bond donors (Lipinski definition) is 1. The van der Waals surface area contributed by atoms with Crippen LogP contribution >= 0.6 is 0 Å². The van der Waals surface area contributed by atoms with Gasteiger partial charge in [-0.3, -0.25) is 9.89 Å². The highest BCUT2D eigenvalue weighted by Gasteiger charge is 2.46. The number of benzene rings is 1. The molecule has 1 N–H and O–H groups in total. The third kappa shape index (κ3) is 1.52. The lowest BCUT2D eigenvalue weighted by Crippen LogP contribution is -2.46. The molecule has 6 heteroatoms. The number of aromatic amines is 1. The number of fused-ring (bicyclic) bond motifs is 3. The molecule has 1 fully saturated rings. The van der Waals surface area contributed by atoms with Gasteiger partial charge in [-0.15, -0.1) is 0 Å². The minimum atomic E-state index is -0.332. The molecule has 1 amide bonds. The molecule has 1 saturated heterocycles. The van der Waals surface area contributed by atoms with Crippen LogP contribution in [0.3, 0.4) is 0 Å². The maximum Gasteiger partial charge on any atom is 0.279 e. The molecule has 0 saturated carbocycles.